The molecule has 1 fully saturated rings. The average Bonchev–Trinajstić information content (AvgIpc) is 2.42. The lowest BCUT2D eigenvalue weighted by atomic mass is 10.0. The standard InChI is InChI=1S/C15H19N3O/c1-12-4-2-3-9-18(12)11-15(19)17-14-7-5-13(10-16)6-8-14/h5-8,12H,2-4,9,11H2,1H3,(H,17,19)/p+1/t12-/m1/s1. The fourth-order valence-corrected chi connectivity index (χ4v) is 2.56. The monoisotopic (exact) mass is 258 g/mol. The predicted molar refractivity (Wildman–Crippen MR) is 73.8 cm³/mol. The van der Waals surface area contributed by atoms with Gasteiger partial charge in [-0.3, -0.25) is 4.79 Å². The zero-order chi connectivity index (χ0) is 13.7. The summed E-state index contributed by atoms with van der Waals surface area (Å²) in [4.78, 5) is 13.4. The highest BCUT2D eigenvalue weighted by Crippen LogP contribution is 2.08. The van der Waals surface area contributed by atoms with Gasteiger partial charge < -0.3 is 10.2 Å². The number of nitrogens with zero attached hydrogens (tertiary/aromatic N) is 1. The molecule has 19 heavy (non-hydrogen) atoms. The van der Waals surface area contributed by atoms with Crippen molar-refractivity contribution in [1.82, 2.24) is 0 Å². The van der Waals surface area contributed by atoms with Crippen molar-refractivity contribution in [2.24, 2.45) is 0 Å². The second-order valence-electron chi connectivity index (χ2n) is 5.22. The summed E-state index contributed by atoms with van der Waals surface area (Å²) in [7, 11) is 0. The van der Waals surface area contributed by atoms with Crippen LogP contribution in [0.2, 0.25) is 0 Å². The van der Waals surface area contributed by atoms with Gasteiger partial charge in [-0.2, -0.15) is 5.26 Å². The molecule has 0 saturated carbocycles. The summed E-state index contributed by atoms with van der Waals surface area (Å²) in [6.07, 6.45) is 3.70. The molecule has 0 bridgehead atoms. The molecule has 0 aliphatic carbocycles. The Kier molecular flexibility index (Phi) is 4.53. The van der Waals surface area contributed by atoms with Gasteiger partial charge in [-0.05, 0) is 50.5 Å². The number of nitriles is 1. The Hall–Kier alpha value is -1.86. The Morgan fingerprint density at radius 2 is 2.16 bits per heavy atom. The van der Waals surface area contributed by atoms with Gasteiger partial charge in [-0.1, -0.05) is 0 Å². The van der Waals surface area contributed by atoms with E-state index in [0.717, 1.165) is 12.2 Å². The number of likely N-dealkylation sites (tertiary alicyclic amines) is 1. The number of benzene rings is 1. The van der Waals surface area contributed by atoms with Crippen molar-refractivity contribution in [1.29, 1.82) is 5.26 Å². The first-order chi connectivity index (χ1) is 9.19. The normalized spacial score (nSPS) is 22.5. The van der Waals surface area contributed by atoms with Crippen LogP contribution in [0.3, 0.4) is 0 Å². The van der Waals surface area contributed by atoms with Gasteiger partial charge >= 0.3 is 0 Å². The Labute approximate surface area is 114 Å². The number of amides is 1. The van der Waals surface area contributed by atoms with Crippen LogP contribution in [0.15, 0.2) is 24.3 Å². The van der Waals surface area contributed by atoms with Crippen molar-refractivity contribution in [2.45, 2.75) is 32.2 Å². The van der Waals surface area contributed by atoms with Crippen LogP contribution in [-0.4, -0.2) is 25.0 Å². The molecule has 1 aromatic rings. The van der Waals surface area contributed by atoms with Crippen molar-refractivity contribution in [3.05, 3.63) is 29.8 Å². The zero-order valence-electron chi connectivity index (χ0n) is 11.3. The van der Waals surface area contributed by atoms with Crippen LogP contribution in [-0.2, 0) is 4.79 Å². The van der Waals surface area contributed by atoms with Crippen molar-refractivity contribution in [3.8, 4) is 6.07 Å². The van der Waals surface area contributed by atoms with Gasteiger partial charge in [0.1, 0.15) is 0 Å². The maximum atomic E-state index is 12.0. The lowest BCUT2D eigenvalue weighted by Gasteiger charge is -2.29. The number of carbonyl (C=O) groups is 1. The first-order valence-corrected chi connectivity index (χ1v) is 6.83. The molecule has 100 valence electrons. The van der Waals surface area contributed by atoms with Gasteiger partial charge in [0.25, 0.3) is 5.91 Å². The minimum Gasteiger partial charge on any atom is -0.325 e. The summed E-state index contributed by atoms with van der Waals surface area (Å²) < 4.78 is 0. The summed E-state index contributed by atoms with van der Waals surface area (Å²) in [5.74, 6) is 0.0495. The maximum Gasteiger partial charge on any atom is 0.279 e. The minimum atomic E-state index is 0.0495. The highest BCUT2D eigenvalue weighted by molar-refractivity contribution is 5.91. The first kappa shape index (κ1) is 13.6. The first-order valence-electron chi connectivity index (χ1n) is 6.83. The Morgan fingerprint density at radius 1 is 1.42 bits per heavy atom. The van der Waals surface area contributed by atoms with Crippen LogP contribution >= 0.6 is 0 Å². The Morgan fingerprint density at radius 3 is 2.79 bits per heavy atom. The third-order valence-electron chi connectivity index (χ3n) is 3.77. The molecular formula is C15H20N3O+. The van der Waals surface area contributed by atoms with Crippen LogP contribution in [0, 0.1) is 11.3 Å². The number of hydrogen-bond acceptors (Lipinski definition) is 2. The van der Waals surface area contributed by atoms with E-state index in [4.69, 9.17) is 5.26 Å². The van der Waals surface area contributed by atoms with Crippen LogP contribution in [0.4, 0.5) is 5.69 Å². The average molecular weight is 258 g/mol. The summed E-state index contributed by atoms with van der Waals surface area (Å²) in [5, 5.41) is 11.6. The molecule has 4 nitrogen and oxygen atoms in total. The predicted octanol–water partition coefficient (Wildman–Crippen LogP) is 0.954. The van der Waals surface area contributed by atoms with Gasteiger partial charge in [0.15, 0.2) is 6.54 Å². The van der Waals surface area contributed by atoms with E-state index in [9.17, 15) is 4.79 Å². The van der Waals surface area contributed by atoms with E-state index >= 15 is 0 Å². The molecule has 4 heteroatoms. The number of piperidine rings is 1. The van der Waals surface area contributed by atoms with E-state index < -0.39 is 0 Å². The second-order valence-corrected chi connectivity index (χ2v) is 5.22. The van der Waals surface area contributed by atoms with E-state index in [1.165, 1.54) is 24.2 Å². The Balaban J connectivity index is 1.88. The second kappa shape index (κ2) is 6.35. The number of anilines is 1. The van der Waals surface area contributed by atoms with Crippen LogP contribution in [0.5, 0.6) is 0 Å². The quantitative estimate of drug-likeness (QED) is 0.848. The minimum absolute atomic E-state index is 0.0495. The van der Waals surface area contributed by atoms with E-state index in [0.29, 0.717) is 18.2 Å². The van der Waals surface area contributed by atoms with Gasteiger partial charge in [0.05, 0.1) is 24.2 Å². The molecule has 1 aliphatic heterocycles. The highest BCUT2D eigenvalue weighted by Gasteiger charge is 2.24. The fourth-order valence-electron chi connectivity index (χ4n) is 2.56. The molecule has 0 radical (unpaired) electrons. The molecule has 1 aliphatic rings. The van der Waals surface area contributed by atoms with Gasteiger partial charge in [-0.25, -0.2) is 0 Å². The van der Waals surface area contributed by atoms with Crippen molar-refractivity contribution in [2.75, 3.05) is 18.4 Å². The lowest BCUT2D eigenvalue weighted by Crippen LogP contribution is -3.17. The summed E-state index contributed by atoms with van der Waals surface area (Å²) in [5.41, 5.74) is 1.36. The van der Waals surface area contributed by atoms with Crippen molar-refractivity contribution in [3.63, 3.8) is 0 Å². The smallest absolute Gasteiger partial charge is 0.279 e. The third kappa shape index (κ3) is 3.80. The van der Waals surface area contributed by atoms with Gasteiger partial charge in [-0.15, -0.1) is 0 Å². The Bertz CT molecular complexity index is 475. The molecule has 1 saturated heterocycles. The number of hydrogen-bond donors (Lipinski definition) is 2. The van der Waals surface area contributed by atoms with Crippen LogP contribution < -0.4 is 10.2 Å². The topological polar surface area (TPSA) is 57.3 Å². The van der Waals surface area contributed by atoms with E-state index in [2.05, 4.69) is 18.3 Å². The summed E-state index contributed by atoms with van der Waals surface area (Å²) in [6, 6.07) is 9.60. The fraction of sp³-hybridized carbons (Fsp3) is 0.467. The van der Waals surface area contributed by atoms with E-state index in [1.807, 2.05) is 0 Å². The largest absolute Gasteiger partial charge is 0.325 e. The third-order valence-corrected chi connectivity index (χ3v) is 3.77. The molecule has 1 heterocycles. The molecule has 1 aromatic carbocycles. The number of carbonyl (C=O) groups excluding carboxylic acids is 1. The molecule has 0 spiro atoms. The van der Waals surface area contributed by atoms with Crippen molar-refractivity contribution >= 4 is 11.6 Å². The molecule has 1 amide bonds. The molecule has 2 N–H and O–H groups in total. The van der Waals surface area contributed by atoms with Crippen LogP contribution in [0.1, 0.15) is 31.7 Å². The molecule has 2 atom stereocenters. The van der Waals surface area contributed by atoms with E-state index in [-0.39, 0.29) is 5.91 Å². The van der Waals surface area contributed by atoms with Gasteiger partial charge in [0, 0.05) is 5.69 Å². The number of quaternary nitrogens is 1. The maximum absolute atomic E-state index is 12.0. The molecule has 1 unspecified atom stereocenters. The number of nitrogens with one attached hydrogen (secondary N) is 2. The van der Waals surface area contributed by atoms with Gasteiger partial charge in [0.2, 0.25) is 0 Å². The molecular weight excluding hydrogens is 238 g/mol. The molecule has 2 rings (SSSR count). The molecule has 0 aromatic heterocycles. The lowest BCUT2D eigenvalue weighted by molar-refractivity contribution is -0.920. The summed E-state index contributed by atoms with van der Waals surface area (Å²) >= 11 is 0. The number of rotatable bonds is 3. The van der Waals surface area contributed by atoms with Crippen molar-refractivity contribution < 1.29 is 9.69 Å². The highest BCUT2D eigenvalue weighted by atomic mass is 16.2. The SMILES string of the molecule is C[C@@H]1CCCC[NH+]1CC(=O)Nc1ccc(C#N)cc1. The zero-order valence-corrected chi connectivity index (χ0v) is 11.3. The van der Waals surface area contributed by atoms with E-state index in [1.54, 1.807) is 24.3 Å². The van der Waals surface area contributed by atoms with Crippen LogP contribution in [0.25, 0.3) is 0 Å². The summed E-state index contributed by atoms with van der Waals surface area (Å²) in [6.45, 7) is 3.83.